The van der Waals surface area contributed by atoms with Gasteiger partial charge >= 0.3 is 0 Å². The number of hydrogen-bond donors (Lipinski definition) is 2. The predicted molar refractivity (Wildman–Crippen MR) is 126 cm³/mol. The Bertz CT molecular complexity index is 1240. The third-order valence-electron chi connectivity index (χ3n) is 5.01. The number of fused-ring (bicyclic) bond motifs is 1. The van der Waals surface area contributed by atoms with Gasteiger partial charge in [-0.2, -0.15) is 0 Å². The Kier molecular flexibility index (Phi) is 6.53. The SMILES string of the molecule is COc1ccc2[nH]cc(CCNC(=O)CN3C(=O)S/C(=C\c4cccc(Cl)c4)C3=O)c2c1. The van der Waals surface area contributed by atoms with E-state index in [9.17, 15) is 14.4 Å². The van der Waals surface area contributed by atoms with Gasteiger partial charge in [-0.25, -0.2) is 0 Å². The first-order valence-corrected chi connectivity index (χ1v) is 11.1. The van der Waals surface area contributed by atoms with Crippen LogP contribution in [0.2, 0.25) is 5.02 Å². The zero-order chi connectivity index (χ0) is 22.7. The summed E-state index contributed by atoms with van der Waals surface area (Å²) in [4.78, 5) is 41.6. The van der Waals surface area contributed by atoms with E-state index in [0.29, 0.717) is 23.6 Å². The normalized spacial score (nSPS) is 15.1. The molecule has 7 nitrogen and oxygen atoms in total. The van der Waals surface area contributed by atoms with Gasteiger partial charge in [0.2, 0.25) is 5.91 Å². The monoisotopic (exact) mass is 469 g/mol. The highest BCUT2D eigenvalue weighted by Crippen LogP contribution is 2.32. The average Bonchev–Trinajstić information content (AvgIpc) is 3.29. The van der Waals surface area contributed by atoms with E-state index >= 15 is 0 Å². The first kappa shape index (κ1) is 22.0. The van der Waals surface area contributed by atoms with Crippen LogP contribution in [0.3, 0.4) is 0 Å². The van der Waals surface area contributed by atoms with Crippen LogP contribution >= 0.6 is 23.4 Å². The molecule has 4 rings (SSSR count). The highest BCUT2D eigenvalue weighted by atomic mass is 35.5. The lowest BCUT2D eigenvalue weighted by atomic mass is 10.1. The average molecular weight is 470 g/mol. The number of amides is 3. The molecule has 1 fully saturated rings. The number of aromatic amines is 1. The van der Waals surface area contributed by atoms with E-state index in [2.05, 4.69) is 10.3 Å². The van der Waals surface area contributed by atoms with Crippen molar-refractivity contribution in [1.29, 1.82) is 0 Å². The van der Waals surface area contributed by atoms with Crippen LogP contribution in [0.5, 0.6) is 5.75 Å². The number of nitrogens with zero attached hydrogens (tertiary/aromatic N) is 1. The number of imide groups is 1. The van der Waals surface area contributed by atoms with Crippen LogP contribution in [0.15, 0.2) is 53.6 Å². The van der Waals surface area contributed by atoms with Crippen LogP contribution in [-0.4, -0.2) is 47.1 Å². The first-order valence-electron chi connectivity index (χ1n) is 9.86. The van der Waals surface area contributed by atoms with Crippen molar-refractivity contribution in [2.24, 2.45) is 0 Å². The molecule has 0 spiro atoms. The number of methoxy groups -OCH3 is 1. The van der Waals surface area contributed by atoms with Gasteiger partial charge < -0.3 is 15.0 Å². The Labute approximate surface area is 193 Å². The molecule has 1 saturated heterocycles. The Morgan fingerprint density at radius 2 is 2.09 bits per heavy atom. The fourth-order valence-electron chi connectivity index (χ4n) is 3.41. The smallest absolute Gasteiger partial charge is 0.294 e. The van der Waals surface area contributed by atoms with Crippen LogP contribution in [-0.2, 0) is 16.0 Å². The van der Waals surface area contributed by atoms with E-state index in [4.69, 9.17) is 16.3 Å². The van der Waals surface area contributed by atoms with E-state index in [0.717, 1.165) is 38.9 Å². The minimum absolute atomic E-state index is 0.262. The number of hydrogen-bond acceptors (Lipinski definition) is 5. The maximum Gasteiger partial charge on any atom is 0.294 e. The van der Waals surface area contributed by atoms with Gasteiger partial charge in [0.05, 0.1) is 12.0 Å². The second-order valence-electron chi connectivity index (χ2n) is 7.15. The Hall–Kier alpha value is -3.23. The van der Waals surface area contributed by atoms with Crippen molar-refractivity contribution in [2.45, 2.75) is 6.42 Å². The number of nitrogens with one attached hydrogen (secondary N) is 2. The lowest BCUT2D eigenvalue weighted by Crippen LogP contribution is -2.40. The summed E-state index contributed by atoms with van der Waals surface area (Å²) >= 11 is 6.78. The van der Waals surface area contributed by atoms with Gasteiger partial charge in [-0.05, 0) is 65.7 Å². The molecule has 32 heavy (non-hydrogen) atoms. The molecule has 1 aliphatic heterocycles. The van der Waals surface area contributed by atoms with Crippen LogP contribution in [0.25, 0.3) is 17.0 Å². The minimum atomic E-state index is -0.487. The molecule has 0 saturated carbocycles. The van der Waals surface area contributed by atoms with Crippen LogP contribution in [0, 0.1) is 0 Å². The van der Waals surface area contributed by atoms with Gasteiger partial charge in [-0.3, -0.25) is 19.3 Å². The molecular formula is C23H20ClN3O4S. The van der Waals surface area contributed by atoms with Crippen molar-refractivity contribution in [3.05, 3.63) is 69.7 Å². The molecule has 2 N–H and O–H groups in total. The molecule has 3 aromatic rings. The van der Waals surface area contributed by atoms with Crippen LogP contribution < -0.4 is 10.1 Å². The van der Waals surface area contributed by atoms with Gasteiger partial charge in [0.25, 0.3) is 11.1 Å². The van der Waals surface area contributed by atoms with E-state index in [-0.39, 0.29) is 11.4 Å². The lowest BCUT2D eigenvalue weighted by Gasteiger charge is -2.12. The third-order valence-corrected chi connectivity index (χ3v) is 6.16. The van der Waals surface area contributed by atoms with Gasteiger partial charge in [0.15, 0.2) is 0 Å². The summed E-state index contributed by atoms with van der Waals surface area (Å²) in [6.45, 7) is 0.0524. The molecule has 0 unspecified atom stereocenters. The van der Waals surface area contributed by atoms with Crippen molar-refractivity contribution >= 4 is 57.4 Å². The van der Waals surface area contributed by atoms with Crippen molar-refractivity contribution in [3.63, 3.8) is 0 Å². The molecular weight excluding hydrogens is 450 g/mol. The summed E-state index contributed by atoms with van der Waals surface area (Å²) in [5.74, 6) is -0.125. The summed E-state index contributed by atoms with van der Waals surface area (Å²) in [5.41, 5.74) is 2.73. The Morgan fingerprint density at radius 3 is 2.88 bits per heavy atom. The molecule has 164 valence electrons. The Morgan fingerprint density at radius 1 is 1.25 bits per heavy atom. The maximum absolute atomic E-state index is 12.6. The highest BCUT2D eigenvalue weighted by molar-refractivity contribution is 8.18. The molecule has 1 aliphatic rings. The largest absolute Gasteiger partial charge is 0.497 e. The van der Waals surface area contributed by atoms with Crippen molar-refractivity contribution in [1.82, 2.24) is 15.2 Å². The van der Waals surface area contributed by atoms with E-state index in [1.54, 1.807) is 37.5 Å². The number of carbonyl (C=O) groups excluding carboxylic acids is 3. The number of H-pyrrole nitrogens is 1. The fourth-order valence-corrected chi connectivity index (χ4v) is 4.45. The number of aromatic nitrogens is 1. The summed E-state index contributed by atoms with van der Waals surface area (Å²) in [5, 5.41) is 3.86. The topological polar surface area (TPSA) is 91.5 Å². The number of benzene rings is 2. The summed E-state index contributed by atoms with van der Waals surface area (Å²) in [6, 6.07) is 12.7. The van der Waals surface area contributed by atoms with Crippen molar-refractivity contribution < 1.29 is 19.1 Å². The standard InChI is InChI=1S/C23H20ClN3O4S/c1-31-17-5-6-19-18(11-17)15(12-26-19)7-8-25-21(28)13-27-22(29)20(32-23(27)30)10-14-3-2-4-16(24)9-14/h2-6,9-12,26H,7-8,13H2,1H3,(H,25,28)/b20-10-. The molecule has 0 bridgehead atoms. The summed E-state index contributed by atoms with van der Waals surface area (Å²) in [7, 11) is 1.61. The number of rotatable bonds is 7. The molecule has 0 radical (unpaired) electrons. The number of thioether (sulfide) groups is 1. The van der Waals surface area contributed by atoms with Crippen molar-refractivity contribution in [3.8, 4) is 5.75 Å². The molecule has 0 aliphatic carbocycles. The molecule has 0 atom stereocenters. The van der Waals surface area contributed by atoms with Crippen LogP contribution in [0.1, 0.15) is 11.1 Å². The number of halogens is 1. The van der Waals surface area contributed by atoms with Gasteiger partial charge in [-0.15, -0.1) is 0 Å². The van der Waals surface area contributed by atoms with E-state index in [1.165, 1.54) is 0 Å². The third kappa shape index (κ3) is 4.81. The summed E-state index contributed by atoms with van der Waals surface area (Å²) in [6.07, 6.45) is 4.09. The zero-order valence-electron chi connectivity index (χ0n) is 17.2. The molecule has 3 amide bonds. The molecule has 2 aromatic carbocycles. The van der Waals surface area contributed by atoms with Crippen molar-refractivity contribution in [2.75, 3.05) is 20.2 Å². The second-order valence-corrected chi connectivity index (χ2v) is 8.58. The summed E-state index contributed by atoms with van der Waals surface area (Å²) < 4.78 is 5.27. The fraction of sp³-hybridized carbons (Fsp3) is 0.174. The molecule has 2 heterocycles. The van der Waals surface area contributed by atoms with E-state index in [1.807, 2.05) is 24.4 Å². The maximum atomic E-state index is 12.6. The second kappa shape index (κ2) is 9.50. The van der Waals surface area contributed by atoms with E-state index < -0.39 is 17.1 Å². The minimum Gasteiger partial charge on any atom is -0.497 e. The van der Waals surface area contributed by atoms with Gasteiger partial charge in [-0.1, -0.05) is 23.7 Å². The van der Waals surface area contributed by atoms with Gasteiger partial charge in [0, 0.05) is 28.7 Å². The lowest BCUT2D eigenvalue weighted by molar-refractivity contribution is -0.129. The highest BCUT2D eigenvalue weighted by Gasteiger charge is 2.36. The molecule has 9 heteroatoms. The zero-order valence-corrected chi connectivity index (χ0v) is 18.8. The quantitative estimate of drug-likeness (QED) is 0.505. The van der Waals surface area contributed by atoms with Crippen LogP contribution in [0.4, 0.5) is 4.79 Å². The Balaban J connectivity index is 1.34. The predicted octanol–water partition coefficient (Wildman–Crippen LogP) is 4.23. The number of carbonyl (C=O) groups is 3. The molecule has 1 aromatic heterocycles. The number of ether oxygens (including phenoxy) is 1. The van der Waals surface area contributed by atoms with Gasteiger partial charge in [0.1, 0.15) is 12.3 Å². The first-order chi connectivity index (χ1) is 15.4.